The normalized spacial score (nSPS) is 21.1. The van der Waals surface area contributed by atoms with E-state index in [0.29, 0.717) is 22.6 Å². The first-order valence-corrected chi connectivity index (χ1v) is 15.5. The number of morpholine rings is 1. The first-order chi connectivity index (χ1) is 21.4. The summed E-state index contributed by atoms with van der Waals surface area (Å²) in [4.78, 5) is 2.55. The lowest BCUT2D eigenvalue weighted by atomic mass is 9.79. The van der Waals surface area contributed by atoms with Gasteiger partial charge >= 0.3 is 6.18 Å². The summed E-state index contributed by atoms with van der Waals surface area (Å²) < 4.78 is 53.5. The molecule has 0 atom stereocenters. The second kappa shape index (κ2) is 13.2. The van der Waals surface area contributed by atoms with Crippen LogP contribution in [0.1, 0.15) is 57.7 Å². The summed E-state index contributed by atoms with van der Waals surface area (Å²) in [5.41, 5.74) is 2.62. The molecule has 3 aromatic rings. The predicted molar refractivity (Wildman–Crippen MR) is 172 cm³/mol. The van der Waals surface area contributed by atoms with E-state index in [4.69, 9.17) is 9.47 Å². The molecule has 5 rings (SSSR count). The predicted octanol–water partition coefficient (Wildman–Crippen LogP) is 6.92. The molecule has 1 aliphatic carbocycles. The topological polar surface area (TPSA) is 74.5 Å². The van der Waals surface area contributed by atoms with E-state index in [9.17, 15) is 18.4 Å². The van der Waals surface area contributed by atoms with Crippen LogP contribution < -0.4 is 15.4 Å². The van der Waals surface area contributed by atoms with Crippen LogP contribution in [-0.2, 0) is 16.7 Å². The molecule has 7 nitrogen and oxygen atoms in total. The molecule has 1 aliphatic heterocycles. The zero-order chi connectivity index (χ0) is 32.2. The van der Waals surface area contributed by atoms with Crippen LogP contribution in [0.15, 0.2) is 42.5 Å². The summed E-state index contributed by atoms with van der Waals surface area (Å²) in [5.74, 6) is 6.54. The first kappa shape index (κ1) is 32.5. The van der Waals surface area contributed by atoms with Gasteiger partial charge in [-0.1, -0.05) is 18.1 Å². The molecule has 45 heavy (non-hydrogen) atoms. The Morgan fingerprint density at radius 3 is 2.47 bits per heavy atom. The number of nitriles is 1. The van der Waals surface area contributed by atoms with Crippen molar-refractivity contribution in [3.8, 4) is 23.7 Å². The first-order valence-electron chi connectivity index (χ1n) is 15.5. The Kier molecular flexibility index (Phi) is 9.57. The molecule has 2 aliphatic rings. The van der Waals surface area contributed by atoms with Crippen molar-refractivity contribution in [3.63, 3.8) is 0 Å². The maximum atomic E-state index is 13.7. The lowest BCUT2D eigenvalue weighted by Gasteiger charge is -2.47. The summed E-state index contributed by atoms with van der Waals surface area (Å²) in [6.45, 7) is 8.55. The number of anilines is 2. The van der Waals surface area contributed by atoms with Crippen LogP contribution in [0.4, 0.5) is 24.5 Å². The fraction of sp³-hybridized carbons (Fsp3) is 0.514. The minimum absolute atomic E-state index is 0.153. The van der Waals surface area contributed by atoms with Gasteiger partial charge in [0.2, 0.25) is 0 Å². The van der Waals surface area contributed by atoms with Gasteiger partial charge in [-0.15, -0.1) is 0 Å². The third kappa shape index (κ3) is 7.52. The smallest absolute Gasteiger partial charge is 0.406 e. The number of nitrogens with one attached hydrogen (secondary N) is 2. The van der Waals surface area contributed by atoms with E-state index in [1.165, 1.54) is 4.57 Å². The van der Waals surface area contributed by atoms with Gasteiger partial charge in [-0.25, -0.2) is 0 Å². The molecular formula is C35H42F3N5O2. The summed E-state index contributed by atoms with van der Waals surface area (Å²) in [5, 5.41) is 17.0. The van der Waals surface area contributed by atoms with Crippen LogP contribution in [0.3, 0.4) is 0 Å². The minimum atomic E-state index is -4.40. The Morgan fingerprint density at radius 1 is 1.07 bits per heavy atom. The fourth-order valence-electron chi connectivity index (χ4n) is 6.45. The van der Waals surface area contributed by atoms with Gasteiger partial charge in [0, 0.05) is 35.7 Å². The van der Waals surface area contributed by atoms with Crippen molar-refractivity contribution in [3.05, 3.63) is 53.7 Å². The number of rotatable bonds is 8. The Balaban J connectivity index is 1.33. The average Bonchev–Trinajstić information content (AvgIpc) is 3.37. The van der Waals surface area contributed by atoms with Crippen molar-refractivity contribution >= 4 is 22.3 Å². The molecule has 2 fully saturated rings. The Labute approximate surface area is 263 Å². The quantitative estimate of drug-likeness (QED) is 0.266. The number of aromatic nitrogens is 1. The monoisotopic (exact) mass is 621 g/mol. The summed E-state index contributed by atoms with van der Waals surface area (Å²) in [7, 11) is 1.55. The molecule has 1 saturated carbocycles. The molecule has 1 saturated heterocycles. The second-order valence-corrected chi connectivity index (χ2v) is 12.8. The van der Waals surface area contributed by atoms with Crippen molar-refractivity contribution in [1.82, 2.24) is 9.47 Å². The fourth-order valence-corrected chi connectivity index (χ4v) is 6.45. The van der Waals surface area contributed by atoms with Gasteiger partial charge in [0.1, 0.15) is 12.3 Å². The lowest BCUT2D eigenvalue weighted by Crippen LogP contribution is -2.54. The zero-order valence-corrected chi connectivity index (χ0v) is 26.5. The zero-order valence-electron chi connectivity index (χ0n) is 26.5. The standard InChI is InChI=1S/C35H42F3N5O2/c1-33(2,23-39)25-10-11-30(32(21-25)44-4)40-16-6-7-27-22-28-29(8-5-9-31(28)43(27)24-35(36,37)38)41-26-12-14-34(3,15-13-26)42-17-19-45-20-18-42/h5,8-11,21-22,26,40-41H,12-20,24H2,1-4H3. The molecule has 0 radical (unpaired) electrons. The highest BCUT2D eigenvalue weighted by molar-refractivity contribution is 5.94. The molecular weight excluding hydrogens is 579 g/mol. The van der Waals surface area contributed by atoms with Gasteiger partial charge in [0.15, 0.2) is 0 Å². The highest BCUT2D eigenvalue weighted by atomic mass is 19.4. The number of methoxy groups -OCH3 is 1. The summed E-state index contributed by atoms with van der Waals surface area (Å²) in [6, 6.07) is 15.2. The number of alkyl halides is 3. The van der Waals surface area contributed by atoms with Crippen LogP contribution in [0.2, 0.25) is 0 Å². The lowest BCUT2D eigenvalue weighted by molar-refractivity contribution is -0.140. The van der Waals surface area contributed by atoms with Crippen molar-refractivity contribution < 1.29 is 22.6 Å². The second-order valence-electron chi connectivity index (χ2n) is 12.8. The number of halogens is 3. The maximum absolute atomic E-state index is 13.7. The van der Waals surface area contributed by atoms with E-state index >= 15 is 0 Å². The van der Waals surface area contributed by atoms with Gasteiger partial charge in [-0.05, 0) is 88.3 Å². The molecule has 0 bridgehead atoms. The van der Waals surface area contributed by atoms with E-state index in [1.807, 2.05) is 38.1 Å². The van der Waals surface area contributed by atoms with Gasteiger partial charge in [0.05, 0.1) is 55.3 Å². The third-order valence-corrected chi connectivity index (χ3v) is 9.27. The van der Waals surface area contributed by atoms with E-state index in [-0.39, 0.29) is 18.1 Å². The third-order valence-electron chi connectivity index (χ3n) is 9.27. The van der Waals surface area contributed by atoms with Crippen molar-refractivity contribution in [1.29, 1.82) is 5.26 Å². The van der Waals surface area contributed by atoms with Crippen molar-refractivity contribution in [2.45, 2.75) is 76.2 Å². The molecule has 1 aromatic heterocycles. The molecule has 2 aromatic carbocycles. The summed E-state index contributed by atoms with van der Waals surface area (Å²) in [6.07, 6.45) is -0.301. The van der Waals surface area contributed by atoms with Gasteiger partial charge < -0.3 is 24.7 Å². The van der Waals surface area contributed by atoms with Crippen LogP contribution in [0.5, 0.6) is 5.75 Å². The van der Waals surface area contributed by atoms with E-state index in [2.05, 4.69) is 40.4 Å². The Hall–Kier alpha value is -3.86. The van der Waals surface area contributed by atoms with Crippen molar-refractivity contribution in [2.75, 3.05) is 50.6 Å². The SMILES string of the molecule is COc1cc(C(C)(C)C#N)ccc1NCC#Cc1cc2c(NC3CCC(C)(N4CCOCC4)CC3)cccc2n1CC(F)(F)F. The van der Waals surface area contributed by atoms with Gasteiger partial charge in [0.25, 0.3) is 0 Å². The number of benzene rings is 2. The van der Waals surface area contributed by atoms with E-state index in [0.717, 1.165) is 68.6 Å². The number of hydrogen-bond donors (Lipinski definition) is 2. The molecule has 10 heteroatoms. The van der Waals surface area contributed by atoms with Gasteiger partial charge in [-0.2, -0.15) is 18.4 Å². The van der Waals surface area contributed by atoms with Crippen LogP contribution in [0, 0.1) is 23.2 Å². The molecule has 0 spiro atoms. The van der Waals surface area contributed by atoms with Crippen LogP contribution >= 0.6 is 0 Å². The van der Waals surface area contributed by atoms with Crippen molar-refractivity contribution in [2.24, 2.45) is 0 Å². The number of hydrogen-bond acceptors (Lipinski definition) is 6. The number of ether oxygens (including phenoxy) is 2. The van der Waals surface area contributed by atoms with E-state index in [1.54, 1.807) is 25.3 Å². The van der Waals surface area contributed by atoms with E-state index < -0.39 is 18.1 Å². The highest BCUT2D eigenvalue weighted by Crippen LogP contribution is 2.37. The molecule has 2 N–H and O–H groups in total. The van der Waals surface area contributed by atoms with Crippen LogP contribution in [0.25, 0.3) is 10.9 Å². The highest BCUT2D eigenvalue weighted by Gasteiger charge is 2.37. The van der Waals surface area contributed by atoms with Gasteiger partial charge in [-0.3, -0.25) is 4.90 Å². The maximum Gasteiger partial charge on any atom is 0.406 e. The number of nitrogens with zero attached hydrogens (tertiary/aromatic N) is 3. The Bertz CT molecular complexity index is 1600. The summed E-state index contributed by atoms with van der Waals surface area (Å²) >= 11 is 0. The Morgan fingerprint density at radius 2 is 1.80 bits per heavy atom. The molecule has 0 amide bonds. The molecule has 0 unspecified atom stereocenters. The molecule has 240 valence electrons. The average molecular weight is 622 g/mol. The number of fused-ring (bicyclic) bond motifs is 1. The molecule has 2 heterocycles. The minimum Gasteiger partial charge on any atom is -0.495 e. The van der Waals surface area contributed by atoms with Crippen LogP contribution in [-0.4, -0.2) is 67.2 Å². The largest absolute Gasteiger partial charge is 0.495 e.